The Morgan fingerprint density at radius 1 is 1.11 bits per heavy atom. The Kier molecular flexibility index (Phi) is 4.65. The van der Waals surface area contributed by atoms with Crippen LogP contribution in [0.1, 0.15) is 44.6 Å². The molecule has 0 heterocycles. The van der Waals surface area contributed by atoms with E-state index in [9.17, 15) is 5.11 Å². The van der Waals surface area contributed by atoms with Gasteiger partial charge in [0.1, 0.15) is 0 Å². The summed E-state index contributed by atoms with van der Waals surface area (Å²) in [6.45, 7) is 2.22. The first-order valence-electron chi connectivity index (χ1n) is 7.20. The Morgan fingerprint density at radius 3 is 2.28 bits per heavy atom. The van der Waals surface area contributed by atoms with Crippen molar-refractivity contribution in [2.24, 2.45) is 0 Å². The summed E-state index contributed by atoms with van der Waals surface area (Å²) in [4.78, 5) is 2.38. The van der Waals surface area contributed by atoms with E-state index in [4.69, 9.17) is 0 Å². The van der Waals surface area contributed by atoms with Crippen molar-refractivity contribution in [1.29, 1.82) is 0 Å². The molecule has 0 aliphatic heterocycles. The van der Waals surface area contributed by atoms with E-state index in [-0.39, 0.29) is 6.10 Å². The molecule has 0 atom stereocenters. The summed E-state index contributed by atoms with van der Waals surface area (Å²) >= 11 is 0. The molecule has 1 saturated carbocycles. The molecule has 1 aromatic carbocycles. The van der Waals surface area contributed by atoms with Crippen molar-refractivity contribution in [3.8, 4) is 0 Å². The second-order valence-electron chi connectivity index (χ2n) is 5.49. The van der Waals surface area contributed by atoms with Gasteiger partial charge in [0.05, 0.1) is 6.10 Å². The molecule has 0 radical (unpaired) electrons. The van der Waals surface area contributed by atoms with Crippen molar-refractivity contribution >= 4 is 5.69 Å². The second-order valence-corrected chi connectivity index (χ2v) is 5.49. The molecule has 1 aliphatic rings. The quantitative estimate of drug-likeness (QED) is 0.881. The molecule has 0 amide bonds. The highest BCUT2D eigenvalue weighted by Crippen LogP contribution is 2.26. The first kappa shape index (κ1) is 13.4. The Morgan fingerprint density at radius 2 is 1.72 bits per heavy atom. The van der Waals surface area contributed by atoms with Crippen molar-refractivity contribution in [3.63, 3.8) is 0 Å². The molecule has 1 fully saturated rings. The van der Waals surface area contributed by atoms with Crippen LogP contribution in [0.4, 0.5) is 5.69 Å². The fraction of sp³-hybridized carbons (Fsp3) is 0.625. The summed E-state index contributed by atoms with van der Waals surface area (Å²) in [5, 5.41) is 9.56. The number of aliphatic hydroxyl groups excluding tert-OH is 1. The summed E-state index contributed by atoms with van der Waals surface area (Å²) in [6, 6.07) is 9.54. The minimum Gasteiger partial charge on any atom is -0.393 e. The SMILES string of the molecule is CCCc1ccc(N(C)C2CCC(O)CC2)cc1. The van der Waals surface area contributed by atoms with Gasteiger partial charge in [0.2, 0.25) is 0 Å². The normalized spacial score (nSPS) is 23.9. The molecule has 0 aromatic heterocycles. The maximum absolute atomic E-state index is 9.56. The van der Waals surface area contributed by atoms with Crippen LogP contribution in [0, 0.1) is 0 Å². The highest BCUT2D eigenvalue weighted by atomic mass is 16.3. The lowest BCUT2D eigenvalue weighted by Crippen LogP contribution is -2.36. The van der Waals surface area contributed by atoms with Crippen molar-refractivity contribution in [2.45, 2.75) is 57.6 Å². The van der Waals surface area contributed by atoms with E-state index < -0.39 is 0 Å². The Bertz CT molecular complexity index is 352. The molecular formula is C16H25NO. The summed E-state index contributed by atoms with van der Waals surface area (Å²) in [5.41, 5.74) is 2.73. The zero-order chi connectivity index (χ0) is 13.0. The lowest BCUT2D eigenvalue weighted by Gasteiger charge is -2.34. The average molecular weight is 247 g/mol. The Labute approximate surface area is 111 Å². The molecule has 1 N–H and O–H groups in total. The van der Waals surface area contributed by atoms with Crippen molar-refractivity contribution in [2.75, 3.05) is 11.9 Å². The number of rotatable bonds is 4. The standard InChI is InChI=1S/C16H25NO/c1-3-4-13-5-7-14(8-6-13)17(2)15-9-11-16(18)12-10-15/h5-8,15-16,18H,3-4,9-12H2,1-2H3. The Balaban J connectivity index is 1.97. The van der Waals surface area contributed by atoms with E-state index in [0.29, 0.717) is 6.04 Å². The van der Waals surface area contributed by atoms with Crippen LogP contribution in [0.5, 0.6) is 0 Å². The Hall–Kier alpha value is -1.02. The zero-order valence-electron chi connectivity index (χ0n) is 11.6. The molecule has 0 unspecified atom stereocenters. The van der Waals surface area contributed by atoms with Gasteiger partial charge < -0.3 is 10.0 Å². The van der Waals surface area contributed by atoms with E-state index in [0.717, 1.165) is 25.7 Å². The summed E-state index contributed by atoms with van der Waals surface area (Å²) < 4.78 is 0. The first-order chi connectivity index (χ1) is 8.70. The zero-order valence-corrected chi connectivity index (χ0v) is 11.6. The molecule has 1 aromatic rings. The highest BCUT2D eigenvalue weighted by Gasteiger charge is 2.22. The molecule has 1 aliphatic carbocycles. The van der Waals surface area contributed by atoms with Gasteiger partial charge in [-0.05, 0) is 49.8 Å². The molecule has 2 rings (SSSR count). The number of hydrogen-bond donors (Lipinski definition) is 1. The van der Waals surface area contributed by atoms with E-state index in [2.05, 4.69) is 43.1 Å². The maximum atomic E-state index is 9.56. The third-order valence-corrected chi connectivity index (χ3v) is 4.10. The van der Waals surface area contributed by atoms with Crippen LogP contribution in [0.15, 0.2) is 24.3 Å². The van der Waals surface area contributed by atoms with Crippen molar-refractivity contribution < 1.29 is 5.11 Å². The molecule has 0 bridgehead atoms. The van der Waals surface area contributed by atoms with Crippen LogP contribution >= 0.6 is 0 Å². The largest absolute Gasteiger partial charge is 0.393 e. The lowest BCUT2D eigenvalue weighted by molar-refractivity contribution is 0.122. The van der Waals surface area contributed by atoms with Gasteiger partial charge in [-0.2, -0.15) is 0 Å². The number of aryl methyl sites for hydroxylation is 1. The number of nitrogens with zero attached hydrogens (tertiary/aromatic N) is 1. The van der Waals surface area contributed by atoms with Gasteiger partial charge in [0, 0.05) is 18.8 Å². The van der Waals surface area contributed by atoms with Crippen LogP contribution in [-0.4, -0.2) is 24.3 Å². The van der Waals surface area contributed by atoms with Gasteiger partial charge in [0.25, 0.3) is 0 Å². The van der Waals surface area contributed by atoms with E-state index in [1.165, 1.54) is 24.1 Å². The van der Waals surface area contributed by atoms with Crippen LogP contribution < -0.4 is 4.90 Å². The van der Waals surface area contributed by atoms with E-state index in [1.54, 1.807) is 0 Å². The third-order valence-electron chi connectivity index (χ3n) is 4.10. The minimum absolute atomic E-state index is 0.0680. The molecule has 2 heteroatoms. The second kappa shape index (κ2) is 6.24. The van der Waals surface area contributed by atoms with E-state index in [1.807, 2.05) is 0 Å². The van der Waals surface area contributed by atoms with Crippen LogP contribution in [0.2, 0.25) is 0 Å². The summed E-state index contributed by atoms with van der Waals surface area (Å²) in [5.74, 6) is 0. The maximum Gasteiger partial charge on any atom is 0.0541 e. The molecular weight excluding hydrogens is 222 g/mol. The topological polar surface area (TPSA) is 23.5 Å². The number of anilines is 1. The molecule has 100 valence electrons. The number of hydrogen-bond acceptors (Lipinski definition) is 2. The van der Waals surface area contributed by atoms with Crippen molar-refractivity contribution in [1.82, 2.24) is 0 Å². The lowest BCUT2D eigenvalue weighted by atomic mass is 9.92. The van der Waals surface area contributed by atoms with Crippen LogP contribution in [0.25, 0.3) is 0 Å². The summed E-state index contributed by atoms with van der Waals surface area (Å²) in [7, 11) is 2.18. The first-order valence-corrected chi connectivity index (χ1v) is 7.20. The fourth-order valence-corrected chi connectivity index (χ4v) is 2.84. The highest BCUT2D eigenvalue weighted by molar-refractivity contribution is 5.48. The van der Waals surface area contributed by atoms with Crippen LogP contribution in [0.3, 0.4) is 0 Å². The van der Waals surface area contributed by atoms with Gasteiger partial charge in [-0.1, -0.05) is 25.5 Å². The molecule has 0 saturated heterocycles. The van der Waals surface area contributed by atoms with E-state index >= 15 is 0 Å². The van der Waals surface area contributed by atoms with Gasteiger partial charge in [0.15, 0.2) is 0 Å². The predicted octanol–water partition coefficient (Wildman–Crippen LogP) is 3.38. The molecule has 2 nitrogen and oxygen atoms in total. The summed E-state index contributed by atoms with van der Waals surface area (Å²) in [6.07, 6.45) is 6.41. The van der Waals surface area contributed by atoms with Crippen molar-refractivity contribution in [3.05, 3.63) is 29.8 Å². The monoisotopic (exact) mass is 247 g/mol. The molecule has 18 heavy (non-hydrogen) atoms. The number of benzene rings is 1. The van der Waals surface area contributed by atoms with Gasteiger partial charge in [-0.3, -0.25) is 0 Å². The van der Waals surface area contributed by atoms with Gasteiger partial charge in [-0.25, -0.2) is 0 Å². The predicted molar refractivity (Wildman–Crippen MR) is 77.1 cm³/mol. The smallest absolute Gasteiger partial charge is 0.0541 e. The number of aliphatic hydroxyl groups is 1. The molecule has 0 spiro atoms. The fourth-order valence-electron chi connectivity index (χ4n) is 2.84. The van der Waals surface area contributed by atoms with Gasteiger partial charge >= 0.3 is 0 Å². The minimum atomic E-state index is -0.0680. The van der Waals surface area contributed by atoms with Gasteiger partial charge in [-0.15, -0.1) is 0 Å². The van der Waals surface area contributed by atoms with Crippen LogP contribution in [-0.2, 0) is 6.42 Å². The third kappa shape index (κ3) is 3.26. The average Bonchev–Trinajstić information content (AvgIpc) is 2.40.